The van der Waals surface area contributed by atoms with Crippen LogP contribution in [0, 0.1) is 0 Å². The van der Waals surface area contributed by atoms with Crippen LogP contribution in [0.25, 0.3) is 22.2 Å². The number of carbonyl (C=O) groups is 1. The van der Waals surface area contributed by atoms with E-state index in [9.17, 15) is 4.79 Å². The van der Waals surface area contributed by atoms with Crippen molar-refractivity contribution in [2.45, 2.75) is 33.4 Å². The molecule has 0 saturated heterocycles. The van der Waals surface area contributed by atoms with Crippen LogP contribution in [0.4, 0.5) is 5.82 Å². The van der Waals surface area contributed by atoms with Crippen LogP contribution in [0.1, 0.15) is 35.3 Å². The Morgan fingerprint density at radius 3 is 2.31 bits per heavy atom. The molecule has 9 heteroatoms. The maximum absolute atomic E-state index is 13.4. The lowest BCUT2D eigenvalue weighted by molar-refractivity contribution is 0.0953. The summed E-state index contributed by atoms with van der Waals surface area (Å²) in [6.45, 7) is 5.81. The smallest absolute Gasteiger partial charge is 0.257 e. The number of benzene rings is 3. The lowest BCUT2D eigenvalue weighted by atomic mass is 10.1. The summed E-state index contributed by atoms with van der Waals surface area (Å²) in [4.78, 5) is 23.1. The van der Waals surface area contributed by atoms with E-state index >= 15 is 0 Å². The van der Waals surface area contributed by atoms with Crippen LogP contribution in [0.2, 0.25) is 5.02 Å². The third-order valence-corrected chi connectivity index (χ3v) is 6.67. The molecule has 200 valence electrons. The highest BCUT2D eigenvalue weighted by molar-refractivity contribution is 6.30. The van der Waals surface area contributed by atoms with Crippen molar-refractivity contribution in [1.29, 1.82) is 0 Å². The Morgan fingerprint density at radius 2 is 1.59 bits per heavy atom. The standard InChI is InChI=1S/C30H30ClN5O3/c1-3-38-24-14-11-19(17-25(24)39-4-2)15-16-36-28(32)26(30(37)33-18-20-9-12-21(31)13-10-20)27-29(36)35-23-8-6-5-7-22(23)34-27/h5-14,17H,3-4,15-16,18,32H2,1-2H3,(H,33,37). The largest absolute Gasteiger partial charge is 0.490 e. The van der Waals surface area contributed by atoms with Gasteiger partial charge in [0.05, 0.1) is 24.2 Å². The first-order chi connectivity index (χ1) is 19.0. The Balaban J connectivity index is 1.48. The molecule has 0 fully saturated rings. The van der Waals surface area contributed by atoms with E-state index in [1.54, 1.807) is 12.1 Å². The molecule has 0 spiro atoms. The van der Waals surface area contributed by atoms with E-state index in [2.05, 4.69) is 5.32 Å². The van der Waals surface area contributed by atoms with Crippen LogP contribution in [0.15, 0.2) is 66.7 Å². The number of nitrogen functional groups attached to an aromatic ring is 1. The summed E-state index contributed by atoms with van der Waals surface area (Å²) < 4.78 is 13.4. The first-order valence-corrected chi connectivity index (χ1v) is 13.3. The van der Waals surface area contributed by atoms with Crippen molar-refractivity contribution in [3.8, 4) is 11.5 Å². The van der Waals surface area contributed by atoms with Gasteiger partial charge in [-0.05, 0) is 67.8 Å². The predicted octanol–water partition coefficient (Wildman–Crippen LogP) is 5.79. The second kappa shape index (κ2) is 11.6. The molecule has 39 heavy (non-hydrogen) atoms. The maximum atomic E-state index is 13.4. The highest BCUT2D eigenvalue weighted by Crippen LogP contribution is 2.31. The number of amides is 1. The van der Waals surface area contributed by atoms with Gasteiger partial charge in [-0.25, -0.2) is 9.97 Å². The van der Waals surface area contributed by atoms with Crippen molar-refractivity contribution in [2.24, 2.45) is 0 Å². The number of hydrogen-bond donors (Lipinski definition) is 2. The number of ether oxygens (including phenoxy) is 2. The second-order valence-electron chi connectivity index (χ2n) is 9.00. The molecule has 0 unspecified atom stereocenters. The molecule has 2 heterocycles. The van der Waals surface area contributed by atoms with Crippen LogP contribution in [0.5, 0.6) is 11.5 Å². The minimum absolute atomic E-state index is 0.310. The molecule has 0 atom stereocenters. The Bertz CT molecular complexity index is 1630. The first kappa shape index (κ1) is 26.3. The molecular weight excluding hydrogens is 514 g/mol. The minimum Gasteiger partial charge on any atom is -0.490 e. The Labute approximate surface area is 231 Å². The summed E-state index contributed by atoms with van der Waals surface area (Å²) in [5.74, 6) is 1.43. The van der Waals surface area contributed by atoms with Gasteiger partial charge in [0, 0.05) is 18.1 Å². The number of halogens is 1. The molecule has 0 aliphatic rings. The molecule has 8 nitrogen and oxygen atoms in total. The molecule has 0 saturated carbocycles. The average Bonchev–Trinajstić information content (AvgIpc) is 3.21. The van der Waals surface area contributed by atoms with Crippen LogP contribution in [0.3, 0.4) is 0 Å². The van der Waals surface area contributed by atoms with Gasteiger partial charge >= 0.3 is 0 Å². The molecule has 1 amide bonds. The van der Waals surface area contributed by atoms with Crippen molar-refractivity contribution < 1.29 is 14.3 Å². The third kappa shape index (κ3) is 5.61. The van der Waals surface area contributed by atoms with Crippen molar-refractivity contribution in [1.82, 2.24) is 19.9 Å². The van der Waals surface area contributed by atoms with Gasteiger partial charge < -0.3 is 25.1 Å². The van der Waals surface area contributed by atoms with Crippen molar-refractivity contribution in [3.63, 3.8) is 0 Å². The summed E-state index contributed by atoms with van der Waals surface area (Å²) in [6, 6.07) is 20.8. The summed E-state index contributed by atoms with van der Waals surface area (Å²) >= 11 is 5.99. The molecular formula is C30H30ClN5O3. The number of nitrogens with one attached hydrogen (secondary N) is 1. The second-order valence-corrected chi connectivity index (χ2v) is 9.44. The molecule has 5 aromatic rings. The molecule has 3 N–H and O–H groups in total. The van der Waals surface area contributed by atoms with E-state index < -0.39 is 0 Å². The van der Waals surface area contributed by atoms with Gasteiger partial charge in [-0.2, -0.15) is 0 Å². The summed E-state index contributed by atoms with van der Waals surface area (Å²) in [7, 11) is 0. The Morgan fingerprint density at radius 1 is 0.923 bits per heavy atom. The third-order valence-electron chi connectivity index (χ3n) is 6.42. The molecule has 2 aromatic heterocycles. The zero-order valence-corrected chi connectivity index (χ0v) is 22.7. The van der Waals surface area contributed by atoms with Gasteiger partial charge in [0.15, 0.2) is 17.1 Å². The Hall–Kier alpha value is -4.30. The van der Waals surface area contributed by atoms with Gasteiger partial charge in [0.2, 0.25) is 0 Å². The lowest BCUT2D eigenvalue weighted by Gasteiger charge is -2.13. The fraction of sp³-hybridized carbons (Fsp3) is 0.233. The van der Waals surface area contributed by atoms with Gasteiger partial charge in [-0.15, -0.1) is 0 Å². The minimum atomic E-state index is -0.310. The molecule has 3 aromatic carbocycles. The van der Waals surface area contributed by atoms with Crippen molar-refractivity contribution in [3.05, 3.63) is 88.4 Å². The van der Waals surface area contributed by atoms with Crippen LogP contribution in [-0.4, -0.2) is 33.7 Å². The van der Waals surface area contributed by atoms with E-state index in [-0.39, 0.29) is 5.91 Å². The van der Waals surface area contributed by atoms with E-state index in [4.69, 9.17) is 36.8 Å². The quantitative estimate of drug-likeness (QED) is 0.231. The van der Waals surface area contributed by atoms with Crippen LogP contribution in [-0.2, 0) is 19.5 Å². The van der Waals surface area contributed by atoms with E-state index in [0.717, 1.165) is 16.6 Å². The summed E-state index contributed by atoms with van der Waals surface area (Å²) in [5.41, 5.74) is 11.4. The maximum Gasteiger partial charge on any atom is 0.257 e. The monoisotopic (exact) mass is 543 g/mol. The van der Waals surface area contributed by atoms with Crippen LogP contribution < -0.4 is 20.5 Å². The summed E-state index contributed by atoms with van der Waals surface area (Å²) in [6.07, 6.45) is 0.640. The van der Waals surface area contributed by atoms with Crippen LogP contribution >= 0.6 is 11.6 Å². The average molecular weight is 544 g/mol. The van der Waals surface area contributed by atoms with Gasteiger partial charge in [-0.1, -0.05) is 41.9 Å². The van der Waals surface area contributed by atoms with Gasteiger partial charge in [0.1, 0.15) is 16.9 Å². The molecule has 0 aliphatic carbocycles. The van der Waals surface area contributed by atoms with E-state index in [0.29, 0.717) is 77.3 Å². The fourth-order valence-corrected chi connectivity index (χ4v) is 4.66. The molecule has 0 bridgehead atoms. The topological polar surface area (TPSA) is 104 Å². The predicted molar refractivity (Wildman–Crippen MR) is 155 cm³/mol. The first-order valence-electron chi connectivity index (χ1n) is 12.9. The number of anilines is 1. The van der Waals surface area contributed by atoms with E-state index in [1.165, 1.54) is 0 Å². The number of hydrogen-bond acceptors (Lipinski definition) is 6. The lowest BCUT2D eigenvalue weighted by Crippen LogP contribution is -2.24. The SMILES string of the molecule is CCOc1ccc(CCn2c(N)c(C(=O)NCc3ccc(Cl)cc3)c3nc4ccccc4nc32)cc1OCC. The fourth-order valence-electron chi connectivity index (χ4n) is 4.53. The number of para-hydroxylation sites is 2. The summed E-state index contributed by atoms with van der Waals surface area (Å²) in [5, 5.41) is 3.61. The van der Waals surface area contributed by atoms with Crippen molar-refractivity contribution >= 4 is 45.5 Å². The molecule has 5 rings (SSSR count). The van der Waals surface area contributed by atoms with E-state index in [1.807, 2.05) is 73.0 Å². The molecule has 0 radical (unpaired) electrons. The number of nitrogens with two attached hydrogens (primary N) is 1. The Kier molecular flexibility index (Phi) is 7.84. The molecule has 0 aliphatic heterocycles. The van der Waals surface area contributed by atoms with Gasteiger partial charge in [-0.3, -0.25) is 4.79 Å². The number of fused-ring (bicyclic) bond motifs is 2. The highest BCUT2D eigenvalue weighted by Gasteiger charge is 2.24. The number of aryl methyl sites for hydroxylation is 2. The van der Waals surface area contributed by atoms with Crippen molar-refractivity contribution in [2.75, 3.05) is 18.9 Å². The highest BCUT2D eigenvalue weighted by atomic mass is 35.5. The normalized spacial score (nSPS) is 11.2. The number of carbonyl (C=O) groups excluding carboxylic acids is 1. The zero-order chi connectivity index (χ0) is 27.4. The van der Waals surface area contributed by atoms with Gasteiger partial charge in [0.25, 0.3) is 5.91 Å². The number of rotatable bonds is 10. The number of aromatic nitrogens is 3. The number of nitrogens with zero attached hydrogens (tertiary/aromatic N) is 3. The zero-order valence-electron chi connectivity index (χ0n) is 21.9.